The van der Waals surface area contributed by atoms with Crippen LogP contribution in [-0.4, -0.2) is 20.1 Å². The Labute approximate surface area is 72.1 Å². The van der Waals surface area contributed by atoms with Crippen LogP contribution in [0.3, 0.4) is 0 Å². The fourth-order valence-corrected chi connectivity index (χ4v) is 1.49. The Morgan fingerprint density at radius 3 is 2.50 bits per heavy atom. The van der Waals surface area contributed by atoms with Crippen LogP contribution in [-0.2, 0) is 19.7 Å². The van der Waals surface area contributed by atoms with Gasteiger partial charge in [0.2, 0.25) is 10.0 Å². The van der Waals surface area contributed by atoms with E-state index < -0.39 is 16.0 Å². The van der Waals surface area contributed by atoms with E-state index in [-0.39, 0.29) is 5.75 Å². The molecule has 0 aromatic rings. The summed E-state index contributed by atoms with van der Waals surface area (Å²) in [6.07, 6.45) is 1.33. The van der Waals surface area contributed by atoms with E-state index in [1.54, 1.807) is 4.89 Å². The van der Waals surface area contributed by atoms with Crippen LogP contribution < -0.4 is 4.89 Å². The van der Waals surface area contributed by atoms with Crippen LogP contribution >= 0.6 is 0 Å². The number of sulfonamides is 1. The maximum Gasteiger partial charge on any atom is 0.323 e. The van der Waals surface area contributed by atoms with Crippen molar-refractivity contribution in [2.45, 2.75) is 26.7 Å². The van der Waals surface area contributed by atoms with Gasteiger partial charge in [0.1, 0.15) is 0 Å². The number of hydrogen-bond acceptors (Lipinski definition) is 4. The largest absolute Gasteiger partial charge is 0.356 e. The molecule has 0 aromatic carbocycles. The Balaban J connectivity index is 3.80. The van der Waals surface area contributed by atoms with Crippen LogP contribution in [0.25, 0.3) is 0 Å². The summed E-state index contributed by atoms with van der Waals surface area (Å²) in [5, 5.41) is 0. The molecule has 0 bridgehead atoms. The van der Waals surface area contributed by atoms with Gasteiger partial charge in [0.15, 0.2) is 0 Å². The minimum Gasteiger partial charge on any atom is -0.356 e. The van der Waals surface area contributed by atoms with Crippen LogP contribution in [0, 0.1) is 0 Å². The van der Waals surface area contributed by atoms with Crippen molar-refractivity contribution in [3.8, 4) is 0 Å². The summed E-state index contributed by atoms with van der Waals surface area (Å²) >= 11 is 0. The molecule has 0 radical (unpaired) electrons. The van der Waals surface area contributed by atoms with E-state index in [2.05, 4.69) is 4.84 Å². The fourth-order valence-electron chi connectivity index (χ4n) is 0.498. The average molecular weight is 195 g/mol. The zero-order valence-corrected chi connectivity index (χ0v) is 7.98. The number of carbonyl (C=O) groups is 1. The van der Waals surface area contributed by atoms with Gasteiger partial charge in [0, 0.05) is 6.92 Å². The van der Waals surface area contributed by atoms with Crippen molar-refractivity contribution in [2.24, 2.45) is 0 Å². The molecule has 0 saturated heterocycles. The highest BCUT2D eigenvalue weighted by atomic mass is 32.2. The third-order valence-corrected chi connectivity index (χ3v) is 2.24. The van der Waals surface area contributed by atoms with Crippen molar-refractivity contribution in [3.63, 3.8) is 0 Å². The van der Waals surface area contributed by atoms with E-state index in [1.807, 2.05) is 6.92 Å². The SMILES string of the molecule is CCCCS(=O)(=O)NOC(C)=O. The monoisotopic (exact) mass is 195 g/mol. The summed E-state index contributed by atoms with van der Waals surface area (Å²) < 4.78 is 21.8. The molecule has 0 aliphatic heterocycles. The van der Waals surface area contributed by atoms with Crippen molar-refractivity contribution < 1.29 is 18.0 Å². The topological polar surface area (TPSA) is 72.5 Å². The van der Waals surface area contributed by atoms with Crippen molar-refractivity contribution in [2.75, 3.05) is 5.75 Å². The van der Waals surface area contributed by atoms with E-state index in [0.29, 0.717) is 6.42 Å². The Hall–Kier alpha value is -0.620. The molecule has 0 aromatic heterocycles. The number of nitrogens with one attached hydrogen (secondary N) is 1. The molecule has 72 valence electrons. The van der Waals surface area contributed by atoms with Crippen molar-refractivity contribution in [3.05, 3.63) is 0 Å². The first-order valence-electron chi connectivity index (χ1n) is 3.65. The van der Waals surface area contributed by atoms with Gasteiger partial charge in [-0.3, -0.25) is 4.79 Å². The van der Waals surface area contributed by atoms with Crippen molar-refractivity contribution in [1.82, 2.24) is 4.89 Å². The summed E-state index contributed by atoms with van der Waals surface area (Å²) in [6.45, 7) is 3.00. The number of unbranched alkanes of at least 4 members (excludes halogenated alkanes) is 1. The summed E-state index contributed by atoms with van der Waals surface area (Å²) in [5.41, 5.74) is 0. The van der Waals surface area contributed by atoms with E-state index in [4.69, 9.17) is 0 Å². The molecular formula is C6H13NO4S. The molecule has 0 fully saturated rings. The van der Waals surface area contributed by atoms with Gasteiger partial charge in [-0.05, 0) is 11.3 Å². The Morgan fingerprint density at radius 1 is 1.50 bits per heavy atom. The maximum absolute atomic E-state index is 10.9. The Bertz CT molecular complexity index is 234. The lowest BCUT2D eigenvalue weighted by Crippen LogP contribution is -2.28. The number of rotatable bonds is 5. The molecular weight excluding hydrogens is 182 g/mol. The fraction of sp³-hybridized carbons (Fsp3) is 0.833. The molecule has 0 atom stereocenters. The maximum atomic E-state index is 10.9. The average Bonchev–Trinajstić information content (AvgIpc) is 1.98. The first-order chi connectivity index (χ1) is 5.48. The van der Waals surface area contributed by atoms with Crippen LogP contribution in [0.5, 0.6) is 0 Å². The summed E-state index contributed by atoms with van der Waals surface area (Å²) in [6, 6.07) is 0. The normalized spacial score (nSPS) is 11.2. The minimum absolute atomic E-state index is 0.0171. The summed E-state index contributed by atoms with van der Waals surface area (Å²) in [5.74, 6) is -0.688. The van der Waals surface area contributed by atoms with Gasteiger partial charge in [0.05, 0.1) is 5.75 Å². The van der Waals surface area contributed by atoms with Crippen LogP contribution in [0.2, 0.25) is 0 Å². The van der Waals surface area contributed by atoms with E-state index in [1.165, 1.54) is 0 Å². The number of hydrogen-bond donors (Lipinski definition) is 1. The van der Waals surface area contributed by atoms with Crippen molar-refractivity contribution >= 4 is 16.0 Å². The molecule has 0 aliphatic carbocycles. The predicted molar refractivity (Wildman–Crippen MR) is 43.6 cm³/mol. The van der Waals surface area contributed by atoms with Gasteiger partial charge in [-0.2, -0.15) is 0 Å². The second kappa shape index (κ2) is 5.10. The lowest BCUT2D eigenvalue weighted by molar-refractivity contribution is -0.144. The quantitative estimate of drug-likeness (QED) is 0.635. The lowest BCUT2D eigenvalue weighted by Gasteiger charge is -2.03. The summed E-state index contributed by atoms with van der Waals surface area (Å²) in [7, 11) is -3.43. The highest BCUT2D eigenvalue weighted by Crippen LogP contribution is 1.93. The molecule has 1 N–H and O–H groups in total. The lowest BCUT2D eigenvalue weighted by atomic mass is 10.4. The van der Waals surface area contributed by atoms with Gasteiger partial charge in [0.25, 0.3) is 0 Å². The van der Waals surface area contributed by atoms with Crippen LogP contribution in [0.4, 0.5) is 0 Å². The molecule has 0 saturated carbocycles. The number of carbonyl (C=O) groups excluding carboxylic acids is 1. The zero-order chi connectivity index (χ0) is 9.61. The molecule has 6 heteroatoms. The molecule has 0 rings (SSSR count). The molecule has 0 amide bonds. The Morgan fingerprint density at radius 2 is 2.08 bits per heavy atom. The summed E-state index contributed by atoms with van der Waals surface area (Å²) in [4.78, 5) is 16.1. The Kier molecular flexibility index (Phi) is 4.84. The van der Waals surface area contributed by atoms with Gasteiger partial charge in [-0.25, -0.2) is 8.42 Å². The highest BCUT2D eigenvalue weighted by Gasteiger charge is 2.09. The molecule has 0 heterocycles. The van der Waals surface area contributed by atoms with Crippen LogP contribution in [0.1, 0.15) is 26.7 Å². The van der Waals surface area contributed by atoms with Crippen LogP contribution in [0.15, 0.2) is 0 Å². The molecule has 0 unspecified atom stereocenters. The zero-order valence-electron chi connectivity index (χ0n) is 7.16. The second-order valence-electron chi connectivity index (χ2n) is 2.35. The van der Waals surface area contributed by atoms with Gasteiger partial charge >= 0.3 is 5.97 Å². The first kappa shape index (κ1) is 11.4. The van der Waals surface area contributed by atoms with Gasteiger partial charge in [-0.15, -0.1) is 0 Å². The molecule has 0 aliphatic rings. The van der Waals surface area contributed by atoms with Gasteiger partial charge in [-0.1, -0.05) is 13.3 Å². The van der Waals surface area contributed by atoms with Crippen molar-refractivity contribution in [1.29, 1.82) is 0 Å². The highest BCUT2D eigenvalue weighted by molar-refractivity contribution is 7.89. The second-order valence-corrected chi connectivity index (χ2v) is 4.15. The molecule has 0 spiro atoms. The standard InChI is InChI=1S/C6H13NO4S/c1-3-4-5-12(9,10)7-11-6(2)8/h7H,3-5H2,1-2H3. The van der Waals surface area contributed by atoms with E-state index >= 15 is 0 Å². The first-order valence-corrected chi connectivity index (χ1v) is 5.30. The third kappa shape index (κ3) is 6.11. The molecule has 5 nitrogen and oxygen atoms in total. The molecule has 12 heavy (non-hydrogen) atoms. The van der Waals surface area contributed by atoms with Gasteiger partial charge < -0.3 is 4.84 Å². The van der Waals surface area contributed by atoms with E-state index in [9.17, 15) is 13.2 Å². The smallest absolute Gasteiger partial charge is 0.323 e. The minimum atomic E-state index is -3.43. The van der Waals surface area contributed by atoms with E-state index in [0.717, 1.165) is 13.3 Å². The third-order valence-electron chi connectivity index (χ3n) is 1.08. The predicted octanol–water partition coefficient (Wildman–Crippen LogP) is 0.184.